The molecule has 0 saturated heterocycles. The summed E-state index contributed by atoms with van der Waals surface area (Å²) in [7, 11) is -4.20. The van der Waals surface area contributed by atoms with Gasteiger partial charge in [-0.2, -0.15) is 0 Å². The molecule has 3 aromatic carbocycles. The molecular formula is C32H40ClN3O5S. The molecule has 2 amide bonds. The molecule has 226 valence electrons. The second-order valence-corrected chi connectivity index (χ2v) is 13.3. The fourth-order valence-electron chi connectivity index (χ4n) is 4.48. The Balaban J connectivity index is 2.08. The minimum absolute atomic E-state index is 0.0171. The van der Waals surface area contributed by atoms with Crippen molar-refractivity contribution in [3.8, 4) is 5.75 Å². The second kappa shape index (κ2) is 14.1. The topological polar surface area (TPSA) is 96.0 Å². The van der Waals surface area contributed by atoms with Crippen LogP contribution in [0.1, 0.15) is 52.2 Å². The highest BCUT2D eigenvalue weighted by Crippen LogP contribution is 2.28. The fraction of sp³-hybridized carbons (Fsp3) is 0.375. The summed E-state index contributed by atoms with van der Waals surface area (Å²) in [5, 5.41) is 3.37. The van der Waals surface area contributed by atoms with E-state index >= 15 is 0 Å². The van der Waals surface area contributed by atoms with Crippen molar-refractivity contribution in [3.63, 3.8) is 0 Å². The number of aryl methyl sites for hydroxylation is 1. The average molecular weight is 614 g/mol. The number of benzene rings is 3. The molecule has 8 nitrogen and oxygen atoms in total. The van der Waals surface area contributed by atoms with Gasteiger partial charge in [-0.3, -0.25) is 13.9 Å². The SMILES string of the molecule is CCOc1ccc(N(CC(=O)N(Cc2ccccc2C)[C@H](CC)C(=O)NC(C)(C)C)S(=O)(=O)c2ccc(Cl)cc2)cc1. The molecule has 0 heterocycles. The Morgan fingerprint density at radius 1 is 0.952 bits per heavy atom. The van der Waals surface area contributed by atoms with E-state index in [0.29, 0.717) is 23.8 Å². The third-order valence-corrected chi connectivity index (χ3v) is 8.64. The lowest BCUT2D eigenvalue weighted by molar-refractivity contribution is -0.141. The lowest BCUT2D eigenvalue weighted by Crippen LogP contribution is -2.55. The Morgan fingerprint density at radius 3 is 2.12 bits per heavy atom. The third-order valence-electron chi connectivity index (χ3n) is 6.60. The molecule has 0 fully saturated rings. The molecule has 1 atom stereocenters. The number of hydrogen-bond donors (Lipinski definition) is 1. The minimum Gasteiger partial charge on any atom is -0.494 e. The number of amides is 2. The van der Waals surface area contributed by atoms with Gasteiger partial charge in [-0.05, 0) is 101 Å². The van der Waals surface area contributed by atoms with Crippen LogP contribution in [0, 0.1) is 6.92 Å². The predicted octanol–water partition coefficient (Wildman–Crippen LogP) is 5.96. The van der Waals surface area contributed by atoms with Crippen molar-refractivity contribution in [3.05, 3.63) is 88.9 Å². The van der Waals surface area contributed by atoms with Gasteiger partial charge < -0.3 is 15.0 Å². The first-order valence-corrected chi connectivity index (χ1v) is 15.8. The van der Waals surface area contributed by atoms with Gasteiger partial charge >= 0.3 is 0 Å². The van der Waals surface area contributed by atoms with Crippen molar-refractivity contribution in [2.24, 2.45) is 0 Å². The van der Waals surface area contributed by atoms with Crippen LogP contribution in [-0.2, 0) is 26.2 Å². The van der Waals surface area contributed by atoms with Gasteiger partial charge in [0.1, 0.15) is 18.3 Å². The largest absolute Gasteiger partial charge is 0.494 e. The molecule has 0 unspecified atom stereocenters. The Labute approximate surface area is 254 Å². The Morgan fingerprint density at radius 2 is 1.57 bits per heavy atom. The highest BCUT2D eigenvalue weighted by atomic mass is 35.5. The molecule has 0 aromatic heterocycles. The van der Waals surface area contributed by atoms with E-state index in [9.17, 15) is 18.0 Å². The van der Waals surface area contributed by atoms with Gasteiger partial charge in [-0.25, -0.2) is 8.42 Å². The summed E-state index contributed by atoms with van der Waals surface area (Å²) in [5.41, 5.74) is 1.58. The Kier molecular flexibility index (Phi) is 11.0. The zero-order valence-corrected chi connectivity index (χ0v) is 26.6. The number of carbonyl (C=O) groups is 2. The average Bonchev–Trinajstić information content (AvgIpc) is 2.92. The van der Waals surface area contributed by atoms with Crippen LogP contribution in [0.4, 0.5) is 5.69 Å². The lowest BCUT2D eigenvalue weighted by Gasteiger charge is -2.35. The number of anilines is 1. The van der Waals surface area contributed by atoms with E-state index < -0.39 is 34.1 Å². The quantitative estimate of drug-likeness (QED) is 0.272. The van der Waals surface area contributed by atoms with Gasteiger partial charge in [0, 0.05) is 17.1 Å². The van der Waals surface area contributed by atoms with Crippen LogP contribution in [0.25, 0.3) is 0 Å². The molecule has 1 N–H and O–H groups in total. The number of ether oxygens (including phenoxy) is 1. The van der Waals surface area contributed by atoms with Crippen LogP contribution >= 0.6 is 11.6 Å². The number of hydrogen-bond acceptors (Lipinski definition) is 5. The van der Waals surface area contributed by atoms with Gasteiger partial charge in [0.15, 0.2) is 0 Å². The monoisotopic (exact) mass is 613 g/mol. The number of halogens is 1. The smallest absolute Gasteiger partial charge is 0.264 e. The first-order valence-electron chi connectivity index (χ1n) is 13.9. The third kappa shape index (κ3) is 8.49. The molecule has 3 rings (SSSR count). The number of sulfonamides is 1. The van der Waals surface area contributed by atoms with E-state index in [-0.39, 0.29) is 23.0 Å². The molecular weight excluding hydrogens is 574 g/mol. The summed E-state index contributed by atoms with van der Waals surface area (Å²) in [4.78, 5) is 29.1. The van der Waals surface area contributed by atoms with Crippen molar-refractivity contribution in [2.45, 2.75) is 71.0 Å². The minimum atomic E-state index is -4.20. The lowest BCUT2D eigenvalue weighted by atomic mass is 10.0. The summed E-state index contributed by atoms with van der Waals surface area (Å²) in [5.74, 6) is -0.247. The van der Waals surface area contributed by atoms with Crippen LogP contribution in [0.2, 0.25) is 5.02 Å². The fourth-order valence-corrected chi connectivity index (χ4v) is 6.02. The van der Waals surface area contributed by atoms with Crippen molar-refractivity contribution >= 4 is 39.1 Å². The van der Waals surface area contributed by atoms with Gasteiger partial charge in [-0.15, -0.1) is 0 Å². The van der Waals surface area contributed by atoms with Gasteiger partial charge in [0.05, 0.1) is 17.2 Å². The molecule has 10 heteroatoms. The van der Waals surface area contributed by atoms with Crippen molar-refractivity contribution < 1.29 is 22.7 Å². The summed E-state index contributed by atoms with van der Waals surface area (Å²) in [6.07, 6.45) is 0.340. The number of nitrogens with one attached hydrogen (secondary N) is 1. The first kappa shape index (κ1) is 32.9. The Bertz CT molecular complexity index is 1470. The number of rotatable bonds is 12. The standard InChI is InChI=1S/C32H40ClN3O5S/c1-7-29(31(38)34-32(4,5)6)35(21-24-12-10-9-11-23(24)3)30(37)22-36(26-15-17-27(18-16-26)41-8-2)42(39,40)28-19-13-25(33)14-20-28/h9-20,29H,7-8,21-22H2,1-6H3,(H,34,38)/t29-/m1/s1. The zero-order valence-electron chi connectivity index (χ0n) is 25.1. The second-order valence-electron chi connectivity index (χ2n) is 11.0. The van der Waals surface area contributed by atoms with Crippen molar-refractivity contribution in [1.82, 2.24) is 10.2 Å². The summed E-state index contributed by atoms with van der Waals surface area (Å²) in [6.45, 7) is 11.3. The highest BCUT2D eigenvalue weighted by molar-refractivity contribution is 7.92. The van der Waals surface area contributed by atoms with Gasteiger partial charge in [-0.1, -0.05) is 42.8 Å². The normalized spacial score (nSPS) is 12.4. The van der Waals surface area contributed by atoms with Crippen LogP contribution in [0.5, 0.6) is 5.75 Å². The predicted molar refractivity (Wildman–Crippen MR) is 167 cm³/mol. The number of nitrogens with zero attached hydrogens (tertiary/aromatic N) is 2. The summed E-state index contributed by atoms with van der Waals surface area (Å²) < 4.78 is 34.6. The van der Waals surface area contributed by atoms with E-state index in [1.54, 1.807) is 24.3 Å². The molecule has 0 aliphatic heterocycles. The number of carbonyl (C=O) groups excluding carboxylic acids is 2. The van der Waals surface area contributed by atoms with E-state index in [1.165, 1.54) is 29.2 Å². The van der Waals surface area contributed by atoms with Crippen LogP contribution in [0.15, 0.2) is 77.7 Å². The summed E-state index contributed by atoms with van der Waals surface area (Å²) in [6, 6.07) is 19.1. The zero-order chi connectivity index (χ0) is 31.1. The molecule has 0 aliphatic rings. The van der Waals surface area contributed by atoms with Gasteiger partial charge in [0.25, 0.3) is 10.0 Å². The van der Waals surface area contributed by atoms with Crippen molar-refractivity contribution in [1.29, 1.82) is 0 Å². The van der Waals surface area contributed by atoms with Gasteiger partial charge in [0.2, 0.25) is 11.8 Å². The molecule has 0 radical (unpaired) electrons. The molecule has 0 bridgehead atoms. The molecule has 3 aromatic rings. The molecule has 0 aliphatic carbocycles. The van der Waals surface area contributed by atoms with E-state index in [1.807, 2.05) is 65.8 Å². The maximum Gasteiger partial charge on any atom is 0.264 e. The maximum absolute atomic E-state index is 14.2. The van der Waals surface area contributed by atoms with Crippen LogP contribution in [-0.4, -0.2) is 49.9 Å². The van der Waals surface area contributed by atoms with E-state index in [4.69, 9.17) is 16.3 Å². The van der Waals surface area contributed by atoms with E-state index in [0.717, 1.165) is 15.4 Å². The maximum atomic E-state index is 14.2. The molecule has 42 heavy (non-hydrogen) atoms. The highest BCUT2D eigenvalue weighted by Gasteiger charge is 2.34. The van der Waals surface area contributed by atoms with Crippen molar-refractivity contribution in [2.75, 3.05) is 17.5 Å². The first-order chi connectivity index (χ1) is 19.8. The van der Waals surface area contributed by atoms with Crippen LogP contribution < -0.4 is 14.4 Å². The summed E-state index contributed by atoms with van der Waals surface area (Å²) >= 11 is 6.03. The Hall–Kier alpha value is -3.56. The molecule has 0 saturated carbocycles. The van der Waals surface area contributed by atoms with Crippen LogP contribution in [0.3, 0.4) is 0 Å². The molecule has 0 spiro atoms. The van der Waals surface area contributed by atoms with E-state index in [2.05, 4.69) is 5.32 Å².